The van der Waals surface area contributed by atoms with E-state index in [9.17, 15) is 9.59 Å². The Hall–Kier alpha value is -1.62. The molecule has 1 atom stereocenters. The van der Waals surface area contributed by atoms with E-state index in [2.05, 4.69) is 4.98 Å². The van der Waals surface area contributed by atoms with Crippen molar-refractivity contribution in [1.82, 2.24) is 4.98 Å². The topological polar surface area (TPSA) is 96.2 Å². The number of nitrogens with two attached hydrogens (primary N) is 1. The summed E-state index contributed by atoms with van der Waals surface area (Å²) in [6.07, 6.45) is 0. The van der Waals surface area contributed by atoms with Crippen molar-refractivity contribution in [2.24, 2.45) is 5.73 Å². The van der Waals surface area contributed by atoms with Gasteiger partial charge in [0.1, 0.15) is 6.04 Å². The summed E-state index contributed by atoms with van der Waals surface area (Å²) in [7, 11) is 0. The van der Waals surface area contributed by atoms with Crippen molar-refractivity contribution >= 4 is 5.97 Å². The maximum absolute atomic E-state index is 10.7. The highest BCUT2D eigenvalue weighted by Gasteiger charge is 2.13. The van der Waals surface area contributed by atoms with Crippen LogP contribution in [0.5, 0.6) is 0 Å². The normalized spacial score (nSPS) is 12.4. The van der Waals surface area contributed by atoms with Crippen LogP contribution in [0.1, 0.15) is 11.7 Å². The maximum atomic E-state index is 10.7. The van der Waals surface area contributed by atoms with Crippen LogP contribution in [0.3, 0.4) is 0 Å². The first-order valence-corrected chi connectivity index (χ1v) is 3.29. The Morgan fingerprint density at radius 1 is 1.58 bits per heavy atom. The molecule has 1 aromatic rings. The van der Waals surface area contributed by atoms with E-state index in [0.717, 1.165) is 0 Å². The zero-order valence-electron chi connectivity index (χ0n) is 6.15. The van der Waals surface area contributed by atoms with E-state index >= 15 is 0 Å². The van der Waals surface area contributed by atoms with Gasteiger partial charge in [-0.15, -0.1) is 0 Å². The highest BCUT2D eigenvalue weighted by atomic mass is 16.4. The van der Waals surface area contributed by atoms with Crippen molar-refractivity contribution in [3.05, 3.63) is 34.2 Å². The first-order chi connectivity index (χ1) is 5.61. The van der Waals surface area contributed by atoms with Crippen LogP contribution in [0, 0.1) is 0 Å². The number of aliphatic carboxylic acids is 1. The van der Waals surface area contributed by atoms with E-state index in [1.807, 2.05) is 0 Å². The highest BCUT2D eigenvalue weighted by Crippen LogP contribution is 2.02. The van der Waals surface area contributed by atoms with Crippen molar-refractivity contribution in [2.45, 2.75) is 6.04 Å². The fourth-order valence-electron chi connectivity index (χ4n) is 0.779. The fourth-order valence-corrected chi connectivity index (χ4v) is 0.779. The molecular formula is C7H8N2O3. The minimum Gasteiger partial charge on any atom is -0.480 e. The summed E-state index contributed by atoms with van der Waals surface area (Å²) in [5, 5.41) is 8.48. The van der Waals surface area contributed by atoms with E-state index in [0.29, 0.717) is 0 Å². The molecule has 0 saturated carbocycles. The number of aromatic amines is 1. The first-order valence-electron chi connectivity index (χ1n) is 3.29. The molecule has 12 heavy (non-hydrogen) atoms. The molecule has 1 rings (SSSR count). The molecule has 64 valence electrons. The summed E-state index contributed by atoms with van der Waals surface area (Å²) in [6.45, 7) is 0. The van der Waals surface area contributed by atoms with Crippen LogP contribution in [0.25, 0.3) is 0 Å². The number of carboxylic acid groups (broad SMARTS) is 1. The van der Waals surface area contributed by atoms with Gasteiger partial charge in [-0.25, -0.2) is 0 Å². The Labute approximate surface area is 67.8 Å². The number of rotatable bonds is 2. The first kappa shape index (κ1) is 8.48. The molecule has 1 heterocycles. The summed E-state index contributed by atoms with van der Waals surface area (Å²) in [5.41, 5.74) is 5.08. The number of hydrogen-bond donors (Lipinski definition) is 3. The van der Waals surface area contributed by atoms with Gasteiger partial charge in [-0.2, -0.15) is 0 Å². The third-order valence-electron chi connectivity index (χ3n) is 1.39. The summed E-state index contributed by atoms with van der Waals surface area (Å²) in [6, 6.07) is 3.04. The Morgan fingerprint density at radius 2 is 2.25 bits per heavy atom. The number of nitrogens with one attached hydrogen (secondary N) is 1. The lowest BCUT2D eigenvalue weighted by molar-refractivity contribution is -0.138. The van der Waals surface area contributed by atoms with E-state index in [1.165, 1.54) is 18.2 Å². The Morgan fingerprint density at radius 3 is 2.75 bits per heavy atom. The van der Waals surface area contributed by atoms with E-state index < -0.39 is 12.0 Å². The van der Waals surface area contributed by atoms with E-state index in [4.69, 9.17) is 10.8 Å². The van der Waals surface area contributed by atoms with Crippen LogP contribution < -0.4 is 11.3 Å². The molecule has 0 aromatic carbocycles. The van der Waals surface area contributed by atoms with Gasteiger partial charge in [-0.3, -0.25) is 9.59 Å². The number of carbonyl (C=O) groups is 1. The number of aromatic nitrogens is 1. The van der Waals surface area contributed by atoms with Crippen LogP contribution in [0.2, 0.25) is 0 Å². The van der Waals surface area contributed by atoms with Crippen LogP contribution in [-0.4, -0.2) is 16.1 Å². The van der Waals surface area contributed by atoms with Gasteiger partial charge in [0.05, 0.1) is 0 Å². The molecule has 5 nitrogen and oxygen atoms in total. The minimum atomic E-state index is -1.17. The van der Waals surface area contributed by atoms with Crippen molar-refractivity contribution in [3.8, 4) is 0 Å². The van der Waals surface area contributed by atoms with Gasteiger partial charge in [0, 0.05) is 11.8 Å². The molecule has 4 N–H and O–H groups in total. The monoisotopic (exact) mass is 168 g/mol. The Balaban J connectivity index is 3.03. The van der Waals surface area contributed by atoms with Crippen LogP contribution in [-0.2, 0) is 4.79 Å². The second-order valence-electron chi connectivity index (χ2n) is 2.29. The van der Waals surface area contributed by atoms with Crippen LogP contribution in [0.15, 0.2) is 23.0 Å². The molecule has 0 unspecified atom stereocenters. The van der Waals surface area contributed by atoms with Gasteiger partial charge < -0.3 is 15.8 Å². The fraction of sp³-hybridized carbons (Fsp3) is 0.143. The van der Waals surface area contributed by atoms with Crippen molar-refractivity contribution < 1.29 is 9.90 Å². The molecule has 1 aromatic heterocycles. The predicted octanol–water partition coefficient (Wildman–Crippen LogP) is -0.541. The molecule has 0 amide bonds. The van der Waals surface area contributed by atoms with Crippen molar-refractivity contribution in [2.75, 3.05) is 0 Å². The molecular weight excluding hydrogens is 160 g/mol. The number of carboxylic acids is 1. The van der Waals surface area contributed by atoms with Crippen LogP contribution in [0.4, 0.5) is 0 Å². The van der Waals surface area contributed by atoms with Gasteiger partial charge in [-0.1, -0.05) is 6.07 Å². The SMILES string of the molecule is N[C@H](C(=O)O)c1cccc(=O)[nH]1. The van der Waals surface area contributed by atoms with Gasteiger partial charge in [0.15, 0.2) is 0 Å². The lowest BCUT2D eigenvalue weighted by atomic mass is 10.2. The van der Waals surface area contributed by atoms with Gasteiger partial charge in [0.25, 0.3) is 0 Å². The number of hydrogen-bond acceptors (Lipinski definition) is 3. The molecule has 0 fully saturated rings. The number of H-pyrrole nitrogens is 1. The standard InChI is InChI=1S/C7H8N2O3/c8-6(7(11)12)4-2-1-3-5(10)9-4/h1-3,6H,8H2,(H,9,10)(H,11,12)/t6-/m0/s1. The summed E-state index contributed by atoms with van der Waals surface area (Å²) >= 11 is 0. The van der Waals surface area contributed by atoms with Crippen molar-refractivity contribution in [1.29, 1.82) is 0 Å². The zero-order chi connectivity index (χ0) is 9.14. The second kappa shape index (κ2) is 3.19. The Kier molecular flexibility index (Phi) is 2.25. The third-order valence-corrected chi connectivity index (χ3v) is 1.39. The predicted molar refractivity (Wildman–Crippen MR) is 41.6 cm³/mol. The van der Waals surface area contributed by atoms with Gasteiger partial charge >= 0.3 is 5.97 Å². The van der Waals surface area contributed by atoms with Crippen LogP contribution >= 0.6 is 0 Å². The quantitative estimate of drug-likeness (QED) is 0.552. The zero-order valence-corrected chi connectivity index (χ0v) is 6.15. The largest absolute Gasteiger partial charge is 0.480 e. The maximum Gasteiger partial charge on any atom is 0.326 e. The lowest BCUT2D eigenvalue weighted by Gasteiger charge is -2.04. The lowest BCUT2D eigenvalue weighted by Crippen LogP contribution is -2.24. The highest BCUT2D eigenvalue weighted by molar-refractivity contribution is 5.74. The van der Waals surface area contributed by atoms with Crippen molar-refractivity contribution in [3.63, 3.8) is 0 Å². The second-order valence-corrected chi connectivity index (χ2v) is 2.29. The van der Waals surface area contributed by atoms with Gasteiger partial charge in [-0.05, 0) is 6.07 Å². The summed E-state index contributed by atoms with van der Waals surface area (Å²) in [4.78, 5) is 23.4. The summed E-state index contributed by atoms with van der Waals surface area (Å²) in [5.74, 6) is -1.17. The molecule has 0 bridgehead atoms. The molecule has 5 heteroatoms. The Bertz CT molecular complexity index is 345. The molecule has 0 radical (unpaired) electrons. The van der Waals surface area contributed by atoms with E-state index in [-0.39, 0.29) is 11.3 Å². The van der Waals surface area contributed by atoms with Gasteiger partial charge in [0.2, 0.25) is 5.56 Å². The molecule has 0 aliphatic carbocycles. The van der Waals surface area contributed by atoms with E-state index in [1.54, 1.807) is 0 Å². The molecule has 0 aliphatic heterocycles. The average molecular weight is 168 g/mol. The molecule has 0 saturated heterocycles. The smallest absolute Gasteiger partial charge is 0.326 e. The third kappa shape index (κ3) is 1.70. The average Bonchev–Trinajstić information content (AvgIpc) is 2.03. The molecule has 0 aliphatic rings. The minimum absolute atomic E-state index is 0.204. The number of pyridine rings is 1. The summed E-state index contributed by atoms with van der Waals surface area (Å²) < 4.78 is 0. The molecule has 0 spiro atoms.